The Labute approximate surface area is 140 Å². The fourth-order valence-corrected chi connectivity index (χ4v) is 3.91. The molecule has 0 aliphatic carbocycles. The second-order valence-electron chi connectivity index (χ2n) is 5.68. The van der Waals surface area contributed by atoms with Crippen molar-refractivity contribution in [1.29, 1.82) is 0 Å². The molecule has 4 nitrogen and oxygen atoms in total. The monoisotopic (exact) mass is 341 g/mol. The minimum absolute atomic E-state index is 0.0269. The van der Waals surface area contributed by atoms with Gasteiger partial charge in [-0.1, -0.05) is 37.6 Å². The maximum atomic E-state index is 12.3. The number of esters is 1. The Kier molecular flexibility index (Phi) is 5.75. The Bertz CT molecular complexity index is 547. The summed E-state index contributed by atoms with van der Waals surface area (Å²) in [5.41, 5.74) is 0.970. The van der Waals surface area contributed by atoms with Gasteiger partial charge in [-0.25, -0.2) is 4.79 Å². The average molecular weight is 342 g/mol. The van der Waals surface area contributed by atoms with E-state index in [1.165, 1.54) is 18.9 Å². The molecule has 1 unspecified atom stereocenters. The largest absolute Gasteiger partial charge is 0.467 e. The van der Waals surface area contributed by atoms with E-state index in [1.54, 1.807) is 17.0 Å². The van der Waals surface area contributed by atoms with Crippen LogP contribution >= 0.6 is 23.4 Å². The van der Waals surface area contributed by atoms with E-state index in [2.05, 4.69) is 0 Å². The van der Waals surface area contributed by atoms with E-state index < -0.39 is 6.04 Å². The smallest absolute Gasteiger partial charge is 0.328 e. The van der Waals surface area contributed by atoms with E-state index >= 15 is 0 Å². The highest BCUT2D eigenvalue weighted by atomic mass is 35.5. The summed E-state index contributed by atoms with van der Waals surface area (Å²) in [7, 11) is 1.36. The van der Waals surface area contributed by atoms with Gasteiger partial charge in [0.25, 0.3) is 0 Å². The van der Waals surface area contributed by atoms with Gasteiger partial charge < -0.3 is 9.64 Å². The molecule has 1 saturated heterocycles. The number of amides is 1. The third kappa shape index (κ3) is 3.76. The van der Waals surface area contributed by atoms with Crippen molar-refractivity contribution in [3.8, 4) is 0 Å². The Morgan fingerprint density at radius 3 is 2.59 bits per heavy atom. The van der Waals surface area contributed by atoms with Crippen LogP contribution in [0.1, 0.15) is 31.2 Å². The maximum Gasteiger partial charge on any atom is 0.328 e. The summed E-state index contributed by atoms with van der Waals surface area (Å²) < 4.78 is 4.91. The molecule has 0 saturated carbocycles. The first-order valence-corrected chi connectivity index (χ1v) is 8.62. The van der Waals surface area contributed by atoms with Crippen LogP contribution < -0.4 is 0 Å². The maximum absolute atomic E-state index is 12.3. The van der Waals surface area contributed by atoms with Gasteiger partial charge >= 0.3 is 5.97 Å². The summed E-state index contributed by atoms with van der Waals surface area (Å²) in [6, 6.07) is 6.85. The number of thioether (sulfide) groups is 1. The molecule has 2 atom stereocenters. The van der Waals surface area contributed by atoms with Gasteiger partial charge in [-0.15, -0.1) is 11.8 Å². The summed E-state index contributed by atoms with van der Waals surface area (Å²) in [4.78, 5) is 26.2. The number of hydrogen-bond acceptors (Lipinski definition) is 4. The fourth-order valence-electron chi connectivity index (χ4n) is 2.56. The normalized spacial score (nSPS) is 19.6. The lowest BCUT2D eigenvalue weighted by atomic mass is 10.0. The molecule has 1 amide bonds. The fraction of sp³-hybridized carbons (Fsp3) is 0.500. The zero-order valence-corrected chi connectivity index (χ0v) is 14.5. The standard InChI is InChI=1S/C16H20ClNO3S/c1-10(2)8-13(16(20)21-3)18-14(19)9-22-15(18)11-4-6-12(17)7-5-11/h4-7,10,13,15H,8-9H2,1-3H3/t13?,15-/m0/s1. The first-order chi connectivity index (χ1) is 10.4. The third-order valence-electron chi connectivity index (χ3n) is 3.56. The zero-order valence-electron chi connectivity index (χ0n) is 12.9. The van der Waals surface area contributed by atoms with E-state index in [4.69, 9.17) is 16.3 Å². The number of ether oxygens (including phenoxy) is 1. The second-order valence-corrected chi connectivity index (χ2v) is 7.19. The molecular formula is C16H20ClNO3S. The molecule has 0 spiro atoms. The quantitative estimate of drug-likeness (QED) is 0.769. The first kappa shape index (κ1) is 17.2. The molecule has 6 heteroatoms. The molecular weight excluding hydrogens is 322 g/mol. The van der Waals surface area contributed by atoms with E-state index in [9.17, 15) is 9.59 Å². The lowest BCUT2D eigenvalue weighted by Crippen LogP contribution is -2.44. The summed E-state index contributed by atoms with van der Waals surface area (Å²) in [5, 5.41) is 0.476. The molecule has 1 aromatic carbocycles. The zero-order chi connectivity index (χ0) is 16.3. The van der Waals surface area contributed by atoms with Gasteiger partial charge in [0.15, 0.2) is 0 Å². The second kappa shape index (κ2) is 7.38. The predicted molar refractivity (Wildman–Crippen MR) is 88.8 cm³/mol. The van der Waals surface area contributed by atoms with Crippen molar-refractivity contribution >= 4 is 35.2 Å². The van der Waals surface area contributed by atoms with Gasteiger partial charge in [-0.2, -0.15) is 0 Å². The minimum Gasteiger partial charge on any atom is -0.467 e. The van der Waals surface area contributed by atoms with Crippen LogP contribution in [-0.4, -0.2) is 35.7 Å². The predicted octanol–water partition coefficient (Wildman–Crippen LogP) is 3.50. The van der Waals surface area contributed by atoms with E-state index in [0.29, 0.717) is 17.2 Å². The van der Waals surface area contributed by atoms with E-state index in [0.717, 1.165) is 5.56 Å². The van der Waals surface area contributed by atoms with Crippen LogP contribution in [0.4, 0.5) is 0 Å². The van der Waals surface area contributed by atoms with Crippen molar-refractivity contribution in [2.45, 2.75) is 31.7 Å². The van der Waals surface area contributed by atoms with Crippen molar-refractivity contribution < 1.29 is 14.3 Å². The molecule has 0 aromatic heterocycles. The lowest BCUT2D eigenvalue weighted by molar-refractivity contribution is -0.152. The summed E-state index contributed by atoms with van der Waals surface area (Å²) in [5.74, 6) is 0.275. The number of halogens is 1. The highest BCUT2D eigenvalue weighted by molar-refractivity contribution is 8.00. The van der Waals surface area contributed by atoms with Crippen LogP contribution in [0, 0.1) is 5.92 Å². The number of hydrogen-bond donors (Lipinski definition) is 0. The summed E-state index contributed by atoms with van der Waals surface area (Å²) >= 11 is 7.45. The van der Waals surface area contributed by atoms with Gasteiger partial charge in [-0.05, 0) is 30.0 Å². The Balaban J connectivity index is 2.32. The number of benzene rings is 1. The molecule has 1 heterocycles. The Hall–Kier alpha value is -1.20. The van der Waals surface area contributed by atoms with Crippen molar-refractivity contribution in [1.82, 2.24) is 4.90 Å². The highest BCUT2D eigenvalue weighted by Crippen LogP contribution is 2.41. The number of carbonyl (C=O) groups is 2. The Morgan fingerprint density at radius 1 is 1.41 bits per heavy atom. The van der Waals surface area contributed by atoms with Gasteiger partial charge in [0, 0.05) is 5.02 Å². The summed E-state index contributed by atoms with van der Waals surface area (Å²) in [6.45, 7) is 4.06. The minimum atomic E-state index is -0.548. The molecule has 2 rings (SSSR count). The van der Waals surface area contributed by atoms with Gasteiger partial charge in [-0.3, -0.25) is 4.79 Å². The van der Waals surface area contributed by atoms with Crippen LogP contribution in [-0.2, 0) is 14.3 Å². The molecule has 120 valence electrons. The molecule has 1 aliphatic rings. The molecule has 1 aliphatic heterocycles. The molecule has 1 fully saturated rings. The molecule has 0 radical (unpaired) electrons. The van der Waals surface area contributed by atoms with E-state index in [-0.39, 0.29) is 23.2 Å². The molecule has 0 N–H and O–H groups in total. The number of nitrogens with zero attached hydrogens (tertiary/aromatic N) is 1. The molecule has 22 heavy (non-hydrogen) atoms. The van der Waals surface area contributed by atoms with Crippen molar-refractivity contribution in [3.05, 3.63) is 34.9 Å². The molecule has 1 aromatic rings. The van der Waals surface area contributed by atoms with Crippen molar-refractivity contribution in [3.63, 3.8) is 0 Å². The topological polar surface area (TPSA) is 46.6 Å². The number of methoxy groups -OCH3 is 1. The Morgan fingerprint density at radius 2 is 2.05 bits per heavy atom. The van der Waals surface area contributed by atoms with Crippen LogP contribution in [0.5, 0.6) is 0 Å². The number of rotatable bonds is 5. The summed E-state index contributed by atoms with van der Waals surface area (Å²) in [6.07, 6.45) is 0.586. The number of carbonyl (C=O) groups excluding carboxylic acids is 2. The average Bonchev–Trinajstić information content (AvgIpc) is 2.86. The molecule has 0 bridgehead atoms. The van der Waals surface area contributed by atoms with Gasteiger partial charge in [0.2, 0.25) is 5.91 Å². The van der Waals surface area contributed by atoms with E-state index in [1.807, 2.05) is 26.0 Å². The van der Waals surface area contributed by atoms with Gasteiger partial charge in [0.05, 0.1) is 12.9 Å². The highest BCUT2D eigenvalue weighted by Gasteiger charge is 2.41. The van der Waals surface area contributed by atoms with Crippen LogP contribution in [0.25, 0.3) is 0 Å². The third-order valence-corrected chi connectivity index (χ3v) is 5.04. The van der Waals surface area contributed by atoms with Crippen LogP contribution in [0.3, 0.4) is 0 Å². The first-order valence-electron chi connectivity index (χ1n) is 7.20. The SMILES string of the molecule is COC(=O)C(CC(C)C)N1C(=O)CS[C@H]1c1ccc(Cl)cc1. The van der Waals surface area contributed by atoms with Crippen LogP contribution in [0.15, 0.2) is 24.3 Å². The van der Waals surface area contributed by atoms with Crippen LogP contribution in [0.2, 0.25) is 5.02 Å². The van der Waals surface area contributed by atoms with Gasteiger partial charge in [0.1, 0.15) is 11.4 Å². The van der Waals surface area contributed by atoms with Crippen molar-refractivity contribution in [2.75, 3.05) is 12.9 Å². The lowest BCUT2D eigenvalue weighted by Gasteiger charge is -2.32. The van der Waals surface area contributed by atoms with Crippen molar-refractivity contribution in [2.24, 2.45) is 5.92 Å².